The van der Waals surface area contributed by atoms with E-state index < -0.39 is 10.0 Å². The molecule has 0 saturated carbocycles. The van der Waals surface area contributed by atoms with Crippen LogP contribution in [0.3, 0.4) is 0 Å². The van der Waals surface area contributed by atoms with Crippen LogP contribution in [0.15, 0.2) is 6.20 Å². The molecule has 0 aliphatic heterocycles. The SMILES string of the molecule is Cc1ncc(NS(C)(=O)=O)s1. The molecule has 6 heteroatoms. The first-order valence-electron chi connectivity index (χ1n) is 2.87. The summed E-state index contributed by atoms with van der Waals surface area (Å²) in [5, 5.41) is 1.40. The molecule has 0 fully saturated rings. The lowest BCUT2D eigenvalue weighted by molar-refractivity contribution is 0.607. The van der Waals surface area contributed by atoms with Gasteiger partial charge in [-0.05, 0) is 6.92 Å². The van der Waals surface area contributed by atoms with Crippen LogP contribution in [0, 0.1) is 6.92 Å². The smallest absolute Gasteiger partial charge is 0.230 e. The van der Waals surface area contributed by atoms with Crippen LogP contribution in [-0.2, 0) is 10.0 Å². The highest BCUT2D eigenvalue weighted by molar-refractivity contribution is 7.92. The predicted octanol–water partition coefficient (Wildman–Crippen LogP) is 0.823. The van der Waals surface area contributed by atoms with Crippen molar-refractivity contribution in [1.82, 2.24) is 4.98 Å². The summed E-state index contributed by atoms with van der Waals surface area (Å²) in [6.07, 6.45) is 2.61. The zero-order valence-corrected chi connectivity index (χ0v) is 7.79. The fourth-order valence-electron chi connectivity index (χ4n) is 0.591. The van der Waals surface area contributed by atoms with Crippen molar-refractivity contribution in [3.8, 4) is 0 Å². The molecule has 0 atom stereocenters. The molecule has 0 amide bonds. The molecule has 62 valence electrons. The van der Waals surface area contributed by atoms with Crippen molar-refractivity contribution >= 4 is 26.4 Å². The Morgan fingerprint density at radius 2 is 2.27 bits per heavy atom. The highest BCUT2D eigenvalue weighted by atomic mass is 32.2. The largest absolute Gasteiger partial charge is 0.273 e. The van der Waals surface area contributed by atoms with Gasteiger partial charge in [0.25, 0.3) is 0 Å². The monoisotopic (exact) mass is 192 g/mol. The molecule has 1 heterocycles. The fourth-order valence-corrected chi connectivity index (χ4v) is 2.16. The van der Waals surface area contributed by atoms with Crippen molar-refractivity contribution in [1.29, 1.82) is 0 Å². The molecular formula is C5H8N2O2S2. The van der Waals surface area contributed by atoms with Crippen LogP contribution in [0.2, 0.25) is 0 Å². The fraction of sp³-hybridized carbons (Fsp3) is 0.400. The summed E-state index contributed by atoms with van der Waals surface area (Å²) < 4.78 is 23.7. The Morgan fingerprint density at radius 3 is 2.64 bits per heavy atom. The van der Waals surface area contributed by atoms with E-state index in [0.29, 0.717) is 5.00 Å². The van der Waals surface area contributed by atoms with Gasteiger partial charge in [-0.2, -0.15) is 0 Å². The van der Waals surface area contributed by atoms with E-state index in [0.717, 1.165) is 11.3 Å². The van der Waals surface area contributed by atoms with Crippen LogP contribution >= 0.6 is 11.3 Å². The molecule has 1 aromatic rings. The van der Waals surface area contributed by atoms with E-state index >= 15 is 0 Å². The van der Waals surface area contributed by atoms with E-state index in [1.165, 1.54) is 17.5 Å². The van der Waals surface area contributed by atoms with Gasteiger partial charge in [0.15, 0.2) is 0 Å². The van der Waals surface area contributed by atoms with Crippen molar-refractivity contribution in [3.63, 3.8) is 0 Å². The van der Waals surface area contributed by atoms with Gasteiger partial charge in [0, 0.05) is 0 Å². The molecule has 0 saturated heterocycles. The minimum absolute atomic E-state index is 0.560. The Bertz CT molecular complexity index is 341. The number of sulfonamides is 1. The van der Waals surface area contributed by atoms with E-state index in [1.54, 1.807) is 0 Å². The average Bonchev–Trinajstić information content (AvgIpc) is 2.10. The lowest BCUT2D eigenvalue weighted by Crippen LogP contribution is -2.07. The quantitative estimate of drug-likeness (QED) is 0.754. The second-order valence-electron chi connectivity index (χ2n) is 2.12. The number of aromatic nitrogens is 1. The standard InChI is InChI=1S/C5H8N2O2S2/c1-4-6-3-5(10-4)7-11(2,8)9/h3,7H,1-2H3. The third-order valence-electron chi connectivity index (χ3n) is 0.907. The molecule has 1 N–H and O–H groups in total. The van der Waals surface area contributed by atoms with Gasteiger partial charge in [0.1, 0.15) is 5.00 Å². The van der Waals surface area contributed by atoms with Gasteiger partial charge < -0.3 is 0 Å². The second kappa shape index (κ2) is 2.78. The van der Waals surface area contributed by atoms with Crippen LogP contribution in [0.1, 0.15) is 5.01 Å². The molecule has 0 aromatic carbocycles. The minimum Gasteiger partial charge on any atom is -0.273 e. The van der Waals surface area contributed by atoms with Crippen molar-refractivity contribution in [2.45, 2.75) is 6.92 Å². The molecule has 0 aliphatic carbocycles. The number of rotatable bonds is 2. The first kappa shape index (κ1) is 8.48. The first-order valence-corrected chi connectivity index (χ1v) is 5.58. The summed E-state index contributed by atoms with van der Waals surface area (Å²) in [6, 6.07) is 0. The van der Waals surface area contributed by atoms with Crippen LogP contribution in [0.5, 0.6) is 0 Å². The van der Waals surface area contributed by atoms with Crippen LogP contribution in [-0.4, -0.2) is 19.7 Å². The molecule has 0 unspecified atom stereocenters. The van der Waals surface area contributed by atoms with Gasteiger partial charge in [-0.1, -0.05) is 0 Å². The number of hydrogen-bond acceptors (Lipinski definition) is 4. The molecule has 0 aliphatic rings. The molecule has 11 heavy (non-hydrogen) atoms. The van der Waals surface area contributed by atoms with Crippen molar-refractivity contribution < 1.29 is 8.42 Å². The zero-order chi connectivity index (χ0) is 8.48. The van der Waals surface area contributed by atoms with Crippen LogP contribution in [0.25, 0.3) is 0 Å². The summed E-state index contributed by atoms with van der Waals surface area (Å²) in [5.74, 6) is 0. The average molecular weight is 192 g/mol. The summed E-state index contributed by atoms with van der Waals surface area (Å²) in [6.45, 7) is 1.82. The number of nitrogens with one attached hydrogen (secondary N) is 1. The maximum atomic E-state index is 10.7. The Balaban J connectivity index is 2.81. The van der Waals surface area contributed by atoms with Crippen molar-refractivity contribution in [2.24, 2.45) is 0 Å². The third kappa shape index (κ3) is 2.85. The third-order valence-corrected chi connectivity index (χ3v) is 2.46. The van der Waals surface area contributed by atoms with Crippen molar-refractivity contribution in [3.05, 3.63) is 11.2 Å². The van der Waals surface area contributed by atoms with E-state index in [9.17, 15) is 8.42 Å². The summed E-state index contributed by atoms with van der Waals surface area (Å²) >= 11 is 1.31. The number of anilines is 1. The molecular weight excluding hydrogens is 184 g/mol. The van der Waals surface area contributed by atoms with E-state index in [1.807, 2.05) is 6.92 Å². The van der Waals surface area contributed by atoms with E-state index in [-0.39, 0.29) is 0 Å². The maximum absolute atomic E-state index is 10.7. The zero-order valence-electron chi connectivity index (χ0n) is 6.16. The normalized spacial score (nSPS) is 11.5. The molecule has 1 rings (SSSR count). The van der Waals surface area contributed by atoms with E-state index in [4.69, 9.17) is 0 Å². The van der Waals surface area contributed by atoms with Gasteiger partial charge in [-0.15, -0.1) is 11.3 Å². The number of aryl methyl sites for hydroxylation is 1. The Morgan fingerprint density at radius 1 is 1.64 bits per heavy atom. The Kier molecular flexibility index (Phi) is 2.15. The summed E-state index contributed by atoms with van der Waals surface area (Å²) in [5.41, 5.74) is 0. The molecule has 0 radical (unpaired) electrons. The number of nitrogens with zero attached hydrogens (tertiary/aromatic N) is 1. The maximum Gasteiger partial charge on any atom is 0.230 e. The molecule has 1 aromatic heterocycles. The summed E-state index contributed by atoms with van der Waals surface area (Å²) in [7, 11) is -3.14. The minimum atomic E-state index is -3.14. The molecule has 0 spiro atoms. The van der Waals surface area contributed by atoms with E-state index in [2.05, 4.69) is 9.71 Å². The Labute approximate surface area is 69.3 Å². The van der Waals surface area contributed by atoms with Gasteiger partial charge in [-0.25, -0.2) is 13.4 Å². The van der Waals surface area contributed by atoms with Gasteiger partial charge in [0.2, 0.25) is 10.0 Å². The van der Waals surface area contributed by atoms with Gasteiger partial charge >= 0.3 is 0 Å². The topological polar surface area (TPSA) is 59.1 Å². The molecule has 4 nitrogen and oxygen atoms in total. The Hall–Kier alpha value is -0.620. The van der Waals surface area contributed by atoms with Gasteiger partial charge in [-0.3, -0.25) is 4.72 Å². The van der Waals surface area contributed by atoms with Crippen LogP contribution in [0.4, 0.5) is 5.00 Å². The highest BCUT2D eigenvalue weighted by Crippen LogP contribution is 2.17. The first-order chi connectivity index (χ1) is 4.97. The van der Waals surface area contributed by atoms with Gasteiger partial charge in [0.05, 0.1) is 17.5 Å². The molecule has 0 bridgehead atoms. The second-order valence-corrected chi connectivity index (χ2v) is 5.10. The highest BCUT2D eigenvalue weighted by Gasteiger charge is 2.03. The lowest BCUT2D eigenvalue weighted by atomic mass is 10.8. The number of thiazole rings is 1. The summed E-state index contributed by atoms with van der Waals surface area (Å²) in [4.78, 5) is 3.89. The number of hydrogen-bond donors (Lipinski definition) is 1. The predicted molar refractivity (Wildman–Crippen MR) is 45.3 cm³/mol. The van der Waals surface area contributed by atoms with Crippen molar-refractivity contribution in [2.75, 3.05) is 11.0 Å². The lowest BCUT2D eigenvalue weighted by Gasteiger charge is -1.95. The van der Waals surface area contributed by atoms with Crippen LogP contribution < -0.4 is 4.72 Å².